The Morgan fingerprint density at radius 2 is 2.25 bits per heavy atom. The Hall–Kier alpha value is -0.650. The minimum atomic E-state index is -0.597. The predicted octanol–water partition coefficient (Wildman–Crippen LogP) is -0.109. The minimum absolute atomic E-state index is 0.102. The summed E-state index contributed by atoms with van der Waals surface area (Å²) < 4.78 is 10.7. The fourth-order valence-corrected chi connectivity index (χ4v) is 1.74. The molecule has 1 heterocycles. The number of carbonyl (C=O) groups is 1. The minimum Gasteiger partial charge on any atom is -0.458 e. The van der Waals surface area contributed by atoms with E-state index in [-0.39, 0.29) is 18.0 Å². The molecule has 0 bridgehead atoms. The molecule has 1 fully saturated rings. The Kier molecular flexibility index (Phi) is 4.70. The van der Waals surface area contributed by atoms with Crippen molar-refractivity contribution in [2.24, 2.45) is 11.7 Å². The van der Waals surface area contributed by atoms with Crippen LogP contribution < -0.4 is 11.1 Å². The van der Waals surface area contributed by atoms with Crippen molar-refractivity contribution in [2.45, 2.75) is 32.0 Å². The Labute approximate surface area is 96.7 Å². The molecule has 5 heteroatoms. The number of carbonyl (C=O) groups excluding carboxylic acids is 1. The van der Waals surface area contributed by atoms with Crippen LogP contribution in [0.25, 0.3) is 0 Å². The third kappa shape index (κ3) is 3.43. The van der Waals surface area contributed by atoms with Crippen molar-refractivity contribution < 1.29 is 14.3 Å². The van der Waals surface area contributed by atoms with Gasteiger partial charge in [0.15, 0.2) is 0 Å². The van der Waals surface area contributed by atoms with E-state index in [2.05, 4.69) is 5.32 Å². The highest BCUT2D eigenvalue weighted by Crippen LogP contribution is 2.20. The molecule has 5 nitrogen and oxygen atoms in total. The molecule has 1 aliphatic rings. The van der Waals surface area contributed by atoms with Gasteiger partial charge in [-0.05, 0) is 26.8 Å². The third-order valence-corrected chi connectivity index (χ3v) is 2.90. The zero-order chi connectivity index (χ0) is 12.2. The summed E-state index contributed by atoms with van der Waals surface area (Å²) in [4.78, 5) is 12.0. The number of nitrogens with one attached hydrogen (secondary N) is 1. The molecule has 0 amide bonds. The second-order valence-electron chi connectivity index (χ2n) is 4.76. The second kappa shape index (κ2) is 5.61. The van der Waals surface area contributed by atoms with E-state index in [1.807, 2.05) is 13.8 Å². The lowest BCUT2D eigenvalue weighted by molar-refractivity contribution is -0.166. The van der Waals surface area contributed by atoms with Crippen molar-refractivity contribution in [1.82, 2.24) is 5.32 Å². The maximum atomic E-state index is 12.0. The summed E-state index contributed by atoms with van der Waals surface area (Å²) in [5.41, 5.74) is 4.93. The Morgan fingerprint density at radius 3 is 2.81 bits per heavy atom. The summed E-state index contributed by atoms with van der Waals surface area (Å²) in [5.74, 6) is -0.388. The van der Waals surface area contributed by atoms with Gasteiger partial charge in [0.1, 0.15) is 5.60 Å². The predicted molar refractivity (Wildman–Crippen MR) is 61.0 cm³/mol. The first-order valence-electron chi connectivity index (χ1n) is 5.66. The summed E-state index contributed by atoms with van der Waals surface area (Å²) in [6.45, 7) is 5.46. The summed E-state index contributed by atoms with van der Waals surface area (Å²) in [5, 5.41) is 3.19. The lowest BCUT2D eigenvalue weighted by Gasteiger charge is -2.32. The van der Waals surface area contributed by atoms with Gasteiger partial charge in [-0.3, -0.25) is 4.79 Å². The van der Waals surface area contributed by atoms with Gasteiger partial charge in [-0.2, -0.15) is 0 Å². The number of methoxy groups -OCH3 is 1. The summed E-state index contributed by atoms with van der Waals surface area (Å²) in [7, 11) is 1.62. The van der Waals surface area contributed by atoms with Gasteiger partial charge in [-0.15, -0.1) is 0 Å². The highest BCUT2D eigenvalue weighted by atomic mass is 16.6. The first-order valence-corrected chi connectivity index (χ1v) is 5.66. The zero-order valence-electron chi connectivity index (χ0n) is 10.3. The van der Waals surface area contributed by atoms with Crippen LogP contribution in [0.2, 0.25) is 0 Å². The van der Waals surface area contributed by atoms with Crippen molar-refractivity contribution in [3.63, 3.8) is 0 Å². The summed E-state index contributed by atoms with van der Waals surface area (Å²) >= 11 is 0. The van der Waals surface area contributed by atoms with E-state index in [0.29, 0.717) is 13.1 Å². The number of hydrogen-bond acceptors (Lipinski definition) is 5. The lowest BCUT2D eigenvalue weighted by atomic mass is 9.94. The fourth-order valence-electron chi connectivity index (χ4n) is 1.74. The molecule has 16 heavy (non-hydrogen) atoms. The molecule has 1 aliphatic heterocycles. The van der Waals surface area contributed by atoms with Crippen molar-refractivity contribution in [3.8, 4) is 0 Å². The number of ether oxygens (including phenoxy) is 2. The van der Waals surface area contributed by atoms with Gasteiger partial charge < -0.3 is 20.5 Å². The monoisotopic (exact) mass is 230 g/mol. The number of piperidine rings is 1. The van der Waals surface area contributed by atoms with Crippen LogP contribution in [0, 0.1) is 5.92 Å². The maximum Gasteiger partial charge on any atom is 0.312 e. The molecule has 0 radical (unpaired) electrons. The van der Waals surface area contributed by atoms with Crippen molar-refractivity contribution in [1.29, 1.82) is 0 Å². The summed E-state index contributed by atoms with van der Waals surface area (Å²) in [6.07, 6.45) is 0.646. The van der Waals surface area contributed by atoms with Crippen LogP contribution in [0.3, 0.4) is 0 Å². The molecule has 94 valence electrons. The first-order chi connectivity index (χ1) is 7.50. The van der Waals surface area contributed by atoms with Gasteiger partial charge in [-0.25, -0.2) is 0 Å². The molecular formula is C11H22N2O3. The zero-order valence-corrected chi connectivity index (χ0v) is 10.3. The molecule has 1 saturated heterocycles. The normalized spacial score (nSPS) is 26.5. The molecular weight excluding hydrogens is 208 g/mol. The molecule has 1 rings (SSSR count). The lowest BCUT2D eigenvalue weighted by Crippen LogP contribution is -2.48. The second-order valence-corrected chi connectivity index (χ2v) is 4.76. The van der Waals surface area contributed by atoms with Crippen LogP contribution >= 0.6 is 0 Å². The highest BCUT2D eigenvalue weighted by molar-refractivity contribution is 5.73. The van der Waals surface area contributed by atoms with Gasteiger partial charge in [0, 0.05) is 20.2 Å². The Bertz CT molecular complexity index is 243. The van der Waals surface area contributed by atoms with Crippen molar-refractivity contribution in [2.75, 3.05) is 26.7 Å². The average Bonchev–Trinajstić information content (AvgIpc) is 2.28. The molecule has 0 aromatic heterocycles. The number of hydrogen-bond donors (Lipinski definition) is 2. The molecule has 0 saturated carbocycles. The highest BCUT2D eigenvalue weighted by Gasteiger charge is 2.34. The van der Waals surface area contributed by atoms with E-state index in [4.69, 9.17) is 15.2 Å². The number of nitrogens with two attached hydrogens (primary N) is 1. The fraction of sp³-hybridized carbons (Fsp3) is 0.909. The molecule has 2 atom stereocenters. The van der Waals surface area contributed by atoms with Gasteiger partial charge >= 0.3 is 5.97 Å². The van der Waals surface area contributed by atoms with Crippen molar-refractivity contribution in [3.05, 3.63) is 0 Å². The largest absolute Gasteiger partial charge is 0.458 e. The van der Waals surface area contributed by atoms with Crippen LogP contribution in [0.15, 0.2) is 0 Å². The van der Waals surface area contributed by atoms with Gasteiger partial charge in [0.25, 0.3) is 0 Å². The summed E-state index contributed by atoms with van der Waals surface area (Å²) in [6, 6.07) is 0. The SMILES string of the molecule is CO[C@H]1CNCC[C@@H]1C(=O)OC(C)(C)CN. The maximum absolute atomic E-state index is 12.0. The van der Waals surface area contributed by atoms with E-state index < -0.39 is 5.60 Å². The molecule has 0 spiro atoms. The van der Waals surface area contributed by atoms with Gasteiger partial charge in [-0.1, -0.05) is 0 Å². The molecule has 0 aromatic rings. The van der Waals surface area contributed by atoms with Crippen LogP contribution in [0.1, 0.15) is 20.3 Å². The van der Waals surface area contributed by atoms with E-state index >= 15 is 0 Å². The van der Waals surface area contributed by atoms with E-state index in [0.717, 1.165) is 13.0 Å². The number of rotatable bonds is 4. The average molecular weight is 230 g/mol. The van der Waals surface area contributed by atoms with Crippen LogP contribution in [0.5, 0.6) is 0 Å². The van der Waals surface area contributed by atoms with Crippen LogP contribution in [-0.2, 0) is 14.3 Å². The standard InChI is InChI=1S/C11H22N2O3/c1-11(2,7-12)16-10(14)8-4-5-13-6-9(8)15-3/h8-9,13H,4-7,12H2,1-3H3/t8-,9-/m0/s1. The van der Waals surface area contributed by atoms with Gasteiger partial charge in [0.2, 0.25) is 0 Å². The van der Waals surface area contributed by atoms with Crippen LogP contribution in [0.4, 0.5) is 0 Å². The Balaban J connectivity index is 2.57. The van der Waals surface area contributed by atoms with E-state index in [1.54, 1.807) is 7.11 Å². The molecule has 0 aromatic carbocycles. The topological polar surface area (TPSA) is 73.6 Å². The molecule has 0 aliphatic carbocycles. The van der Waals surface area contributed by atoms with Gasteiger partial charge in [0.05, 0.1) is 12.0 Å². The Morgan fingerprint density at radius 1 is 1.56 bits per heavy atom. The number of esters is 1. The van der Waals surface area contributed by atoms with Crippen molar-refractivity contribution >= 4 is 5.97 Å². The smallest absolute Gasteiger partial charge is 0.312 e. The van der Waals surface area contributed by atoms with Crippen LogP contribution in [-0.4, -0.2) is 44.4 Å². The van der Waals surface area contributed by atoms with E-state index in [9.17, 15) is 4.79 Å². The molecule has 3 N–H and O–H groups in total. The third-order valence-electron chi connectivity index (χ3n) is 2.90. The molecule has 0 unspecified atom stereocenters. The first kappa shape index (κ1) is 13.4. The quantitative estimate of drug-likeness (QED) is 0.659. The van der Waals surface area contributed by atoms with E-state index in [1.165, 1.54) is 0 Å².